The molecular weight excluding hydrogens is 304 g/mol. The Morgan fingerprint density at radius 2 is 2.08 bits per heavy atom. The maximum absolute atomic E-state index is 12.5. The standard InChI is InChI=1S/C18H26N4O2/c1-2-6-18(14-23)7-5-10-22(13-18)16-12-19-11-15(20-16)17(24)21-8-3-4-9-21/h2,11-12,23H,1,3-10,13-14H2/t18-/m0/s1. The van der Waals surface area contributed by atoms with Gasteiger partial charge in [0.25, 0.3) is 5.91 Å². The van der Waals surface area contributed by atoms with E-state index in [2.05, 4.69) is 21.4 Å². The van der Waals surface area contributed by atoms with Crippen molar-refractivity contribution in [3.05, 3.63) is 30.7 Å². The van der Waals surface area contributed by atoms with Crippen molar-refractivity contribution in [3.8, 4) is 0 Å². The van der Waals surface area contributed by atoms with Crippen molar-refractivity contribution in [1.82, 2.24) is 14.9 Å². The first kappa shape index (κ1) is 16.9. The van der Waals surface area contributed by atoms with Crippen LogP contribution in [0.2, 0.25) is 0 Å². The number of rotatable bonds is 5. The van der Waals surface area contributed by atoms with Gasteiger partial charge in [0.05, 0.1) is 19.0 Å². The topological polar surface area (TPSA) is 69.6 Å². The van der Waals surface area contributed by atoms with Gasteiger partial charge in [-0.15, -0.1) is 6.58 Å². The van der Waals surface area contributed by atoms with Crippen LogP contribution in [0.25, 0.3) is 0 Å². The van der Waals surface area contributed by atoms with Crippen LogP contribution in [0.1, 0.15) is 42.6 Å². The Bertz CT molecular complexity index is 600. The smallest absolute Gasteiger partial charge is 0.274 e. The van der Waals surface area contributed by atoms with E-state index in [4.69, 9.17) is 0 Å². The lowest BCUT2D eigenvalue weighted by atomic mass is 9.78. The second-order valence-corrected chi connectivity index (χ2v) is 6.94. The number of piperidine rings is 1. The van der Waals surface area contributed by atoms with Crippen LogP contribution in [-0.4, -0.2) is 58.7 Å². The van der Waals surface area contributed by atoms with Gasteiger partial charge in [-0.25, -0.2) is 4.98 Å². The van der Waals surface area contributed by atoms with E-state index in [1.54, 1.807) is 12.4 Å². The molecular formula is C18H26N4O2. The highest BCUT2D eigenvalue weighted by molar-refractivity contribution is 5.92. The second kappa shape index (κ2) is 7.30. The average Bonchev–Trinajstić information content (AvgIpc) is 3.16. The molecule has 0 aliphatic carbocycles. The van der Waals surface area contributed by atoms with Gasteiger partial charge in [0, 0.05) is 31.6 Å². The molecule has 130 valence electrons. The summed E-state index contributed by atoms with van der Waals surface area (Å²) in [5.41, 5.74) is 0.245. The number of aliphatic hydroxyl groups is 1. The number of amides is 1. The summed E-state index contributed by atoms with van der Waals surface area (Å²) in [6.07, 6.45) is 10.0. The second-order valence-electron chi connectivity index (χ2n) is 6.94. The number of nitrogens with zero attached hydrogens (tertiary/aromatic N) is 4. The Labute approximate surface area is 143 Å². The number of aromatic nitrogens is 2. The van der Waals surface area contributed by atoms with Crippen molar-refractivity contribution < 1.29 is 9.90 Å². The molecule has 1 aromatic rings. The molecule has 2 aliphatic heterocycles. The highest BCUT2D eigenvalue weighted by atomic mass is 16.3. The van der Waals surface area contributed by atoms with Crippen LogP contribution >= 0.6 is 0 Å². The van der Waals surface area contributed by atoms with E-state index in [9.17, 15) is 9.90 Å². The molecule has 3 rings (SSSR count). The fourth-order valence-electron chi connectivity index (χ4n) is 3.76. The van der Waals surface area contributed by atoms with Gasteiger partial charge in [0.15, 0.2) is 0 Å². The minimum atomic E-state index is -0.170. The number of hydrogen-bond acceptors (Lipinski definition) is 5. The van der Waals surface area contributed by atoms with Crippen molar-refractivity contribution in [2.24, 2.45) is 5.41 Å². The molecule has 1 aromatic heterocycles. The molecule has 1 N–H and O–H groups in total. The maximum atomic E-state index is 12.5. The number of aliphatic hydroxyl groups excluding tert-OH is 1. The van der Waals surface area contributed by atoms with Crippen molar-refractivity contribution in [3.63, 3.8) is 0 Å². The lowest BCUT2D eigenvalue weighted by molar-refractivity contribution is 0.0786. The molecule has 0 unspecified atom stereocenters. The highest BCUT2D eigenvalue weighted by Crippen LogP contribution is 2.34. The first-order chi connectivity index (χ1) is 11.7. The van der Waals surface area contributed by atoms with Crippen LogP contribution in [0, 0.1) is 5.41 Å². The average molecular weight is 330 g/mol. The van der Waals surface area contributed by atoms with Gasteiger partial charge in [0.2, 0.25) is 0 Å². The summed E-state index contributed by atoms with van der Waals surface area (Å²) in [6, 6.07) is 0. The van der Waals surface area contributed by atoms with Crippen LogP contribution in [0.15, 0.2) is 25.0 Å². The highest BCUT2D eigenvalue weighted by Gasteiger charge is 2.34. The molecule has 1 amide bonds. The normalized spacial score (nSPS) is 24.2. The van der Waals surface area contributed by atoms with E-state index in [1.165, 1.54) is 0 Å². The van der Waals surface area contributed by atoms with Crippen molar-refractivity contribution in [1.29, 1.82) is 0 Å². The molecule has 2 fully saturated rings. The third-order valence-electron chi connectivity index (χ3n) is 5.13. The lowest BCUT2D eigenvalue weighted by Gasteiger charge is -2.41. The van der Waals surface area contributed by atoms with Crippen LogP contribution < -0.4 is 4.90 Å². The van der Waals surface area contributed by atoms with E-state index in [-0.39, 0.29) is 17.9 Å². The van der Waals surface area contributed by atoms with E-state index in [0.29, 0.717) is 12.2 Å². The summed E-state index contributed by atoms with van der Waals surface area (Å²) in [6.45, 7) is 7.15. The first-order valence-corrected chi connectivity index (χ1v) is 8.75. The molecule has 0 bridgehead atoms. The molecule has 6 heteroatoms. The zero-order valence-corrected chi connectivity index (χ0v) is 14.2. The van der Waals surface area contributed by atoms with Crippen LogP contribution in [-0.2, 0) is 0 Å². The first-order valence-electron chi connectivity index (χ1n) is 8.75. The van der Waals surface area contributed by atoms with Crippen molar-refractivity contribution in [2.45, 2.75) is 32.1 Å². The quantitative estimate of drug-likeness (QED) is 0.835. The van der Waals surface area contributed by atoms with Crippen molar-refractivity contribution in [2.75, 3.05) is 37.7 Å². The number of carbonyl (C=O) groups is 1. The summed E-state index contributed by atoms with van der Waals surface area (Å²) < 4.78 is 0. The van der Waals surface area contributed by atoms with E-state index in [1.807, 2.05) is 11.0 Å². The Morgan fingerprint density at radius 1 is 1.29 bits per heavy atom. The minimum absolute atomic E-state index is 0.0293. The molecule has 2 saturated heterocycles. The molecule has 0 aromatic carbocycles. The molecule has 0 radical (unpaired) electrons. The summed E-state index contributed by atoms with van der Waals surface area (Å²) in [4.78, 5) is 25.3. The van der Waals surface area contributed by atoms with Gasteiger partial charge >= 0.3 is 0 Å². The van der Waals surface area contributed by atoms with Crippen LogP contribution in [0.3, 0.4) is 0 Å². The van der Waals surface area contributed by atoms with Crippen molar-refractivity contribution >= 4 is 11.7 Å². The molecule has 1 atom stereocenters. The van der Waals surface area contributed by atoms with E-state index < -0.39 is 0 Å². The summed E-state index contributed by atoms with van der Waals surface area (Å²) in [7, 11) is 0. The number of likely N-dealkylation sites (tertiary alicyclic amines) is 1. The maximum Gasteiger partial charge on any atom is 0.274 e. The van der Waals surface area contributed by atoms with Crippen LogP contribution in [0.4, 0.5) is 5.82 Å². The molecule has 6 nitrogen and oxygen atoms in total. The molecule has 2 aliphatic rings. The minimum Gasteiger partial charge on any atom is -0.396 e. The Kier molecular flexibility index (Phi) is 5.14. The Morgan fingerprint density at radius 3 is 2.79 bits per heavy atom. The predicted molar refractivity (Wildman–Crippen MR) is 92.9 cm³/mol. The Hall–Kier alpha value is -1.95. The van der Waals surface area contributed by atoms with Gasteiger partial charge < -0.3 is 14.9 Å². The number of carbonyl (C=O) groups excluding carboxylic acids is 1. The number of anilines is 1. The monoisotopic (exact) mass is 330 g/mol. The van der Waals surface area contributed by atoms with E-state index in [0.717, 1.165) is 57.6 Å². The summed E-state index contributed by atoms with van der Waals surface area (Å²) in [5, 5.41) is 9.85. The SMILES string of the molecule is C=CC[C@]1(CO)CCCN(c2cncc(C(=O)N3CCCC3)n2)C1. The van der Waals surface area contributed by atoms with Gasteiger partial charge in [-0.1, -0.05) is 6.08 Å². The number of hydrogen-bond donors (Lipinski definition) is 1. The number of allylic oxidation sites excluding steroid dienone is 1. The molecule has 0 spiro atoms. The zero-order chi connectivity index (χ0) is 17.0. The lowest BCUT2D eigenvalue weighted by Crippen LogP contribution is -2.45. The zero-order valence-electron chi connectivity index (χ0n) is 14.2. The third kappa shape index (κ3) is 3.43. The Balaban J connectivity index is 1.78. The third-order valence-corrected chi connectivity index (χ3v) is 5.13. The predicted octanol–water partition coefficient (Wildman–Crippen LogP) is 1.87. The summed E-state index contributed by atoms with van der Waals surface area (Å²) >= 11 is 0. The van der Waals surface area contributed by atoms with Gasteiger partial charge in [0.1, 0.15) is 11.5 Å². The van der Waals surface area contributed by atoms with Crippen LogP contribution in [0.5, 0.6) is 0 Å². The molecule has 0 saturated carbocycles. The fourth-order valence-corrected chi connectivity index (χ4v) is 3.76. The van der Waals surface area contributed by atoms with Gasteiger partial charge in [-0.05, 0) is 32.1 Å². The molecule has 24 heavy (non-hydrogen) atoms. The fraction of sp³-hybridized carbons (Fsp3) is 0.611. The van der Waals surface area contributed by atoms with Gasteiger partial charge in [-0.2, -0.15) is 0 Å². The van der Waals surface area contributed by atoms with Gasteiger partial charge in [-0.3, -0.25) is 9.78 Å². The largest absolute Gasteiger partial charge is 0.396 e. The summed E-state index contributed by atoms with van der Waals surface area (Å²) in [5.74, 6) is 0.694. The van der Waals surface area contributed by atoms with E-state index >= 15 is 0 Å². The molecule has 3 heterocycles.